The number of furan rings is 1. The van der Waals surface area contributed by atoms with Gasteiger partial charge in [0, 0.05) is 32.5 Å². The second-order valence-corrected chi connectivity index (χ2v) is 10.3. The van der Waals surface area contributed by atoms with Crippen LogP contribution in [-0.4, -0.2) is 14.5 Å². The lowest BCUT2D eigenvalue weighted by atomic mass is 10.0. The molecule has 192 valence electrons. The van der Waals surface area contributed by atoms with Crippen LogP contribution in [-0.2, 0) is 0 Å². The van der Waals surface area contributed by atoms with Crippen LogP contribution in [0.15, 0.2) is 126 Å². The smallest absolute Gasteiger partial charge is 0.235 e. The van der Waals surface area contributed by atoms with Gasteiger partial charge in [-0.1, -0.05) is 78.9 Å². The molecule has 0 N–H and O–H groups in total. The first-order chi connectivity index (χ1) is 20.2. The number of rotatable bonds is 2. The number of fused-ring (bicyclic) bond motifs is 9. The Labute approximate surface area is 232 Å². The third-order valence-electron chi connectivity index (χ3n) is 8.07. The van der Waals surface area contributed by atoms with Crippen molar-refractivity contribution in [2.24, 2.45) is 0 Å². The molecule has 0 aliphatic heterocycles. The summed E-state index contributed by atoms with van der Waals surface area (Å²) in [6, 6.07) is 39.6. The molecular weight excluding hydrogens is 509 g/mol. The van der Waals surface area contributed by atoms with Crippen LogP contribution in [0.2, 0.25) is 0 Å². The monoisotopic (exact) mass is 529 g/mol. The van der Waals surface area contributed by atoms with Gasteiger partial charge in [-0.25, -0.2) is 14.4 Å². The fourth-order valence-corrected chi connectivity index (χ4v) is 6.28. The molecule has 6 aromatic carbocycles. The maximum Gasteiger partial charge on any atom is 0.235 e. The zero-order chi connectivity index (χ0) is 27.1. The molecule has 0 aliphatic carbocycles. The van der Waals surface area contributed by atoms with Crippen molar-refractivity contribution >= 4 is 65.4 Å². The summed E-state index contributed by atoms with van der Waals surface area (Å²) in [7, 11) is 0. The molecule has 0 unspecified atom stereocenters. The largest absolute Gasteiger partial charge is 0.455 e. The standard InChI is InChI=1S/C36H20FN3O/c37-22-17-19-30-28(20-22)33-23-9-2-1-8-21(23)16-18-31(33)40(30)36-38-29-14-5-3-11-26(29)34(39-36)27-13-7-12-25-24-10-4-6-15-32(24)41-35(25)27/h1-20H. The van der Waals surface area contributed by atoms with Crippen molar-refractivity contribution < 1.29 is 8.81 Å². The number of hydrogen-bond acceptors (Lipinski definition) is 3. The topological polar surface area (TPSA) is 43.9 Å². The summed E-state index contributed by atoms with van der Waals surface area (Å²) in [6.07, 6.45) is 0. The zero-order valence-electron chi connectivity index (χ0n) is 21.7. The van der Waals surface area contributed by atoms with Gasteiger partial charge in [0.1, 0.15) is 17.0 Å². The van der Waals surface area contributed by atoms with Gasteiger partial charge in [0.25, 0.3) is 0 Å². The van der Waals surface area contributed by atoms with Crippen LogP contribution < -0.4 is 0 Å². The Bertz CT molecular complexity index is 2510. The highest BCUT2D eigenvalue weighted by molar-refractivity contribution is 6.21. The fourth-order valence-electron chi connectivity index (χ4n) is 6.28. The molecule has 5 heteroatoms. The van der Waals surface area contributed by atoms with Crippen molar-refractivity contribution in [1.29, 1.82) is 0 Å². The van der Waals surface area contributed by atoms with Gasteiger partial charge in [-0.2, -0.15) is 0 Å². The minimum atomic E-state index is -0.277. The Hall–Kier alpha value is -5.55. The fraction of sp³-hybridized carbons (Fsp3) is 0. The molecule has 0 aliphatic rings. The van der Waals surface area contributed by atoms with E-state index >= 15 is 0 Å². The van der Waals surface area contributed by atoms with E-state index in [2.05, 4.69) is 42.5 Å². The molecule has 3 heterocycles. The summed E-state index contributed by atoms with van der Waals surface area (Å²) < 4.78 is 23.1. The predicted molar refractivity (Wildman–Crippen MR) is 164 cm³/mol. The van der Waals surface area contributed by atoms with E-state index in [4.69, 9.17) is 14.4 Å². The van der Waals surface area contributed by atoms with Crippen molar-refractivity contribution in [1.82, 2.24) is 14.5 Å². The van der Waals surface area contributed by atoms with E-state index in [1.54, 1.807) is 6.07 Å². The Morgan fingerprint density at radius 3 is 2.27 bits per heavy atom. The van der Waals surface area contributed by atoms with Gasteiger partial charge >= 0.3 is 0 Å². The molecule has 9 aromatic rings. The molecule has 0 bridgehead atoms. The zero-order valence-corrected chi connectivity index (χ0v) is 21.7. The molecule has 3 aromatic heterocycles. The summed E-state index contributed by atoms with van der Waals surface area (Å²) >= 11 is 0. The first-order valence-electron chi connectivity index (χ1n) is 13.5. The van der Waals surface area contributed by atoms with Crippen molar-refractivity contribution in [3.8, 4) is 17.2 Å². The first-order valence-corrected chi connectivity index (χ1v) is 13.5. The molecule has 4 nitrogen and oxygen atoms in total. The summed E-state index contributed by atoms with van der Waals surface area (Å²) in [5, 5.41) is 7.01. The molecule has 0 amide bonds. The number of benzene rings is 6. The average molecular weight is 530 g/mol. The van der Waals surface area contributed by atoms with Crippen LogP contribution >= 0.6 is 0 Å². The van der Waals surface area contributed by atoms with E-state index < -0.39 is 0 Å². The second-order valence-electron chi connectivity index (χ2n) is 10.3. The number of aromatic nitrogens is 3. The van der Waals surface area contributed by atoms with Crippen molar-refractivity contribution in [3.63, 3.8) is 0 Å². The minimum Gasteiger partial charge on any atom is -0.455 e. The third kappa shape index (κ3) is 3.14. The number of nitrogens with zero attached hydrogens (tertiary/aromatic N) is 3. The van der Waals surface area contributed by atoms with Gasteiger partial charge in [0.15, 0.2) is 0 Å². The molecule has 0 radical (unpaired) electrons. The van der Waals surface area contributed by atoms with E-state index in [0.717, 1.165) is 76.7 Å². The highest BCUT2D eigenvalue weighted by atomic mass is 19.1. The van der Waals surface area contributed by atoms with Crippen LogP contribution in [0.3, 0.4) is 0 Å². The number of halogens is 1. The molecule has 0 saturated heterocycles. The maximum atomic E-state index is 14.7. The van der Waals surface area contributed by atoms with Crippen molar-refractivity contribution in [3.05, 3.63) is 127 Å². The molecule has 0 spiro atoms. The average Bonchev–Trinajstić information content (AvgIpc) is 3.56. The Morgan fingerprint density at radius 2 is 1.34 bits per heavy atom. The second kappa shape index (κ2) is 8.23. The SMILES string of the molecule is Fc1ccc2c(c1)c1c3ccccc3ccc1n2-c1nc(-c2cccc3c2oc2ccccc23)c2ccccc2n1. The van der Waals surface area contributed by atoms with Gasteiger partial charge in [-0.15, -0.1) is 0 Å². The molecule has 9 rings (SSSR count). The van der Waals surface area contributed by atoms with Crippen LogP contribution in [0, 0.1) is 5.82 Å². The molecule has 0 saturated carbocycles. The van der Waals surface area contributed by atoms with Crippen LogP contribution in [0.4, 0.5) is 4.39 Å². The molecule has 41 heavy (non-hydrogen) atoms. The molecule has 0 fully saturated rings. The minimum absolute atomic E-state index is 0.277. The highest BCUT2D eigenvalue weighted by Gasteiger charge is 2.21. The summed E-state index contributed by atoms with van der Waals surface area (Å²) in [6.45, 7) is 0. The number of hydrogen-bond donors (Lipinski definition) is 0. The maximum absolute atomic E-state index is 14.7. The van der Waals surface area contributed by atoms with Gasteiger partial charge in [0.05, 0.1) is 22.2 Å². The number of para-hydroxylation sites is 3. The van der Waals surface area contributed by atoms with E-state index in [0.29, 0.717) is 5.95 Å². The van der Waals surface area contributed by atoms with E-state index in [-0.39, 0.29) is 5.82 Å². The Balaban J connectivity index is 1.42. The van der Waals surface area contributed by atoms with Crippen LogP contribution in [0.25, 0.3) is 82.6 Å². The highest BCUT2D eigenvalue weighted by Crippen LogP contribution is 2.40. The van der Waals surface area contributed by atoms with Crippen LogP contribution in [0.5, 0.6) is 0 Å². The Kier molecular flexibility index (Phi) is 4.47. The summed E-state index contributed by atoms with van der Waals surface area (Å²) in [5.41, 5.74) is 5.90. The lowest BCUT2D eigenvalue weighted by Crippen LogP contribution is -2.03. The predicted octanol–water partition coefficient (Wildman–Crippen LogP) is 9.59. The first kappa shape index (κ1) is 22.3. The van der Waals surface area contributed by atoms with Gasteiger partial charge < -0.3 is 4.42 Å². The third-order valence-corrected chi connectivity index (χ3v) is 8.07. The summed E-state index contributed by atoms with van der Waals surface area (Å²) in [5.74, 6) is 0.245. The van der Waals surface area contributed by atoms with Crippen molar-refractivity contribution in [2.45, 2.75) is 0 Å². The quantitative estimate of drug-likeness (QED) is 0.224. The van der Waals surface area contributed by atoms with Gasteiger partial charge in [-0.3, -0.25) is 4.57 Å². The van der Waals surface area contributed by atoms with Gasteiger partial charge in [-0.05, 0) is 53.2 Å². The molecular formula is C36H20FN3O. The summed E-state index contributed by atoms with van der Waals surface area (Å²) in [4.78, 5) is 10.3. The Morgan fingerprint density at radius 1 is 0.585 bits per heavy atom. The lowest BCUT2D eigenvalue weighted by molar-refractivity contribution is 0.629. The van der Waals surface area contributed by atoms with E-state index in [1.165, 1.54) is 6.07 Å². The lowest BCUT2D eigenvalue weighted by Gasteiger charge is -2.12. The van der Waals surface area contributed by atoms with E-state index in [9.17, 15) is 4.39 Å². The van der Waals surface area contributed by atoms with Crippen LogP contribution in [0.1, 0.15) is 0 Å². The van der Waals surface area contributed by atoms with E-state index in [1.807, 2.05) is 71.3 Å². The van der Waals surface area contributed by atoms with Gasteiger partial charge in [0.2, 0.25) is 5.95 Å². The van der Waals surface area contributed by atoms with Crippen molar-refractivity contribution in [2.75, 3.05) is 0 Å². The molecule has 0 atom stereocenters. The normalized spacial score (nSPS) is 12.0.